The molecule has 2 rings (SSSR count). The van der Waals surface area contributed by atoms with Crippen LogP contribution in [0.3, 0.4) is 0 Å². The lowest BCUT2D eigenvalue weighted by atomic mass is 10.1. The maximum Gasteiger partial charge on any atom is 0.266 e. The van der Waals surface area contributed by atoms with Crippen LogP contribution in [-0.2, 0) is 7.05 Å². The predicted molar refractivity (Wildman–Crippen MR) is 55.2 cm³/mol. The molecule has 75 valence electrons. The van der Waals surface area contributed by atoms with Crippen molar-refractivity contribution in [3.63, 3.8) is 0 Å². The van der Waals surface area contributed by atoms with Gasteiger partial charge < -0.3 is 4.90 Å². The van der Waals surface area contributed by atoms with Gasteiger partial charge in [0.2, 0.25) is 0 Å². The van der Waals surface area contributed by atoms with Crippen LogP contribution < -0.4 is 10.5 Å². The van der Waals surface area contributed by atoms with Crippen LogP contribution in [0, 0.1) is 6.42 Å². The number of hydrogen-bond acceptors (Lipinski definition) is 3. The Labute approximate surface area is 83.2 Å². The Bertz CT molecular complexity index is 366. The number of aryl methyl sites for hydroxylation is 1. The molecule has 4 heteroatoms. The topological polar surface area (TPSA) is 38.1 Å². The van der Waals surface area contributed by atoms with E-state index in [1.165, 1.54) is 4.68 Å². The Morgan fingerprint density at radius 3 is 2.64 bits per heavy atom. The van der Waals surface area contributed by atoms with Crippen LogP contribution in [0.2, 0.25) is 0 Å². The molecule has 1 aromatic heterocycles. The molecule has 1 radical (unpaired) electrons. The van der Waals surface area contributed by atoms with E-state index in [2.05, 4.69) is 16.4 Å². The number of aromatic nitrogens is 2. The average Bonchev–Trinajstić information content (AvgIpc) is 2.23. The van der Waals surface area contributed by atoms with E-state index in [-0.39, 0.29) is 5.56 Å². The molecule has 0 saturated carbocycles. The number of nitrogens with zero attached hydrogens (tertiary/aromatic N) is 3. The Balaban J connectivity index is 2.22. The van der Waals surface area contributed by atoms with Crippen molar-refractivity contribution in [2.45, 2.75) is 12.8 Å². The minimum absolute atomic E-state index is 0.0580. The molecule has 4 nitrogen and oxygen atoms in total. The lowest BCUT2D eigenvalue weighted by Crippen LogP contribution is -2.32. The zero-order valence-corrected chi connectivity index (χ0v) is 8.31. The Morgan fingerprint density at radius 1 is 1.29 bits per heavy atom. The SMILES string of the molecule is Cn1nc(N2CC[CH]CC2)ccc1=O. The monoisotopic (exact) mass is 192 g/mol. The fourth-order valence-electron chi connectivity index (χ4n) is 1.64. The van der Waals surface area contributed by atoms with Gasteiger partial charge in [0, 0.05) is 26.2 Å². The molecule has 0 amide bonds. The van der Waals surface area contributed by atoms with E-state index in [9.17, 15) is 4.79 Å². The van der Waals surface area contributed by atoms with E-state index in [1.807, 2.05) is 0 Å². The third-order valence-electron chi connectivity index (χ3n) is 2.48. The summed E-state index contributed by atoms with van der Waals surface area (Å²) in [5.74, 6) is 0.903. The van der Waals surface area contributed by atoms with E-state index in [0.717, 1.165) is 31.7 Å². The van der Waals surface area contributed by atoms with Gasteiger partial charge in [-0.25, -0.2) is 4.68 Å². The second kappa shape index (κ2) is 3.82. The number of piperidine rings is 1. The zero-order chi connectivity index (χ0) is 9.97. The van der Waals surface area contributed by atoms with Gasteiger partial charge in [-0.2, -0.15) is 5.10 Å². The highest BCUT2D eigenvalue weighted by Gasteiger charge is 2.12. The number of hydrogen-bond donors (Lipinski definition) is 0. The second-order valence-electron chi connectivity index (χ2n) is 3.51. The molecule has 0 atom stereocenters. The molecule has 1 saturated heterocycles. The molecule has 2 heterocycles. The molecule has 0 N–H and O–H groups in total. The van der Waals surface area contributed by atoms with Crippen LogP contribution >= 0.6 is 0 Å². The summed E-state index contributed by atoms with van der Waals surface area (Å²) in [7, 11) is 1.68. The Kier molecular flexibility index (Phi) is 2.52. The van der Waals surface area contributed by atoms with E-state index in [1.54, 1.807) is 19.2 Å². The summed E-state index contributed by atoms with van der Waals surface area (Å²) in [5.41, 5.74) is -0.0580. The van der Waals surface area contributed by atoms with Crippen LogP contribution in [0.4, 0.5) is 5.82 Å². The van der Waals surface area contributed by atoms with E-state index in [4.69, 9.17) is 0 Å². The standard InChI is InChI=1S/C10H14N3O/c1-12-10(14)6-5-9(11-12)13-7-3-2-4-8-13/h2,5-6H,3-4,7-8H2,1H3. The molecular weight excluding hydrogens is 178 g/mol. The first-order valence-corrected chi connectivity index (χ1v) is 4.88. The molecule has 1 fully saturated rings. The van der Waals surface area contributed by atoms with Gasteiger partial charge in [-0.3, -0.25) is 4.79 Å². The average molecular weight is 192 g/mol. The fourth-order valence-corrected chi connectivity index (χ4v) is 1.64. The Morgan fingerprint density at radius 2 is 2.00 bits per heavy atom. The Hall–Kier alpha value is -1.32. The third kappa shape index (κ3) is 1.78. The molecule has 0 aromatic carbocycles. The summed E-state index contributed by atoms with van der Waals surface area (Å²) in [4.78, 5) is 13.3. The molecular formula is C10H14N3O. The minimum Gasteiger partial charge on any atom is -0.355 e. The molecule has 1 aromatic rings. The highest BCUT2D eigenvalue weighted by Crippen LogP contribution is 2.14. The number of anilines is 1. The first-order chi connectivity index (χ1) is 6.77. The van der Waals surface area contributed by atoms with Crippen LogP contribution in [0.15, 0.2) is 16.9 Å². The van der Waals surface area contributed by atoms with Crippen molar-refractivity contribution < 1.29 is 0 Å². The summed E-state index contributed by atoms with van der Waals surface area (Å²) < 4.78 is 1.38. The molecule has 0 aliphatic carbocycles. The minimum atomic E-state index is -0.0580. The molecule has 14 heavy (non-hydrogen) atoms. The molecule has 0 bridgehead atoms. The van der Waals surface area contributed by atoms with Crippen molar-refractivity contribution >= 4 is 5.82 Å². The highest BCUT2D eigenvalue weighted by molar-refractivity contribution is 5.37. The van der Waals surface area contributed by atoms with E-state index >= 15 is 0 Å². The molecule has 0 unspecified atom stereocenters. The van der Waals surface area contributed by atoms with Gasteiger partial charge in [-0.05, 0) is 25.3 Å². The smallest absolute Gasteiger partial charge is 0.266 e. The van der Waals surface area contributed by atoms with Gasteiger partial charge in [0.15, 0.2) is 0 Å². The van der Waals surface area contributed by atoms with Crippen LogP contribution in [0.1, 0.15) is 12.8 Å². The van der Waals surface area contributed by atoms with Crippen LogP contribution in [-0.4, -0.2) is 22.9 Å². The lowest BCUT2D eigenvalue weighted by molar-refractivity contribution is 0.637. The van der Waals surface area contributed by atoms with Crippen molar-refractivity contribution in [2.24, 2.45) is 7.05 Å². The normalized spacial score (nSPS) is 17.1. The maximum atomic E-state index is 11.1. The molecule has 1 aliphatic rings. The molecule has 1 aliphatic heterocycles. The second-order valence-corrected chi connectivity index (χ2v) is 3.51. The summed E-state index contributed by atoms with van der Waals surface area (Å²) >= 11 is 0. The van der Waals surface area contributed by atoms with E-state index in [0.29, 0.717) is 0 Å². The first-order valence-electron chi connectivity index (χ1n) is 4.88. The van der Waals surface area contributed by atoms with Gasteiger partial charge in [0.25, 0.3) is 5.56 Å². The predicted octanol–water partition coefficient (Wildman–Crippen LogP) is 0.585. The summed E-state index contributed by atoms with van der Waals surface area (Å²) in [6.07, 6.45) is 4.49. The van der Waals surface area contributed by atoms with Gasteiger partial charge in [-0.15, -0.1) is 0 Å². The lowest BCUT2D eigenvalue weighted by Gasteiger charge is -2.27. The summed E-state index contributed by atoms with van der Waals surface area (Å²) in [6.45, 7) is 2.01. The third-order valence-corrected chi connectivity index (χ3v) is 2.48. The first kappa shape index (κ1) is 9.24. The van der Waals surface area contributed by atoms with Crippen LogP contribution in [0.25, 0.3) is 0 Å². The zero-order valence-electron chi connectivity index (χ0n) is 8.31. The summed E-state index contributed by atoms with van der Waals surface area (Å²) in [6, 6.07) is 3.37. The van der Waals surface area contributed by atoms with Crippen molar-refractivity contribution in [1.82, 2.24) is 9.78 Å². The largest absolute Gasteiger partial charge is 0.355 e. The number of rotatable bonds is 1. The van der Waals surface area contributed by atoms with Crippen molar-refractivity contribution in [3.8, 4) is 0 Å². The van der Waals surface area contributed by atoms with Gasteiger partial charge in [0.1, 0.15) is 5.82 Å². The molecule has 0 spiro atoms. The van der Waals surface area contributed by atoms with Crippen LogP contribution in [0.5, 0.6) is 0 Å². The summed E-state index contributed by atoms with van der Waals surface area (Å²) in [5, 5.41) is 4.21. The van der Waals surface area contributed by atoms with Crippen molar-refractivity contribution in [2.75, 3.05) is 18.0 Å². The van der Waals surface area contributed by atoms with Gasteiger partial charge in [0.05, 0.1) is 0 Å². The quantitative estimate of drug-likeness (QED) is 0.653. The highest BCUT2D eigenvalue weighted by atomic mass is 16.1. The maximum absolute atomic E-state index is 11.1. The van der Waals surface area contributed by atoms with Crippen molar-refractivity contribution in [3.05, 3.63) is 28.9 Å². The fraction of sp³-hybridized carbons (Fsp3) is 0.500. The van der Waals surface area contributed by atoms with Gasteiger partial charge in [-0.1, -0.05) is 0 Å². The van der Waals surface area contributed by atoms with Gasteiger partial charge >= 0.3 is 0 Å². The van der Waals surface area contributed by atoms with Crippen molar-refractivity contribution in [1.29, 1.82) is 0 Å². The van der Waals surface area contributed by atoms with E-state index < -0.39 is 0 Å².